The van der Waals surface area contributed by atoms with Gasteiger partial charge < -0.3 is 15.1 Å². The number of urea groups is 1. The molecule has 6 nitrogen and oxygen atoms in total. The van der Waals surface area contributed by atoms with Gasteiger partial charge in [-0.25, -0.2) is 4.79 Å². The molecule has 6 heteroatoms. The molecule has 25 heavy (non-hydrogen) atoms. The summed E-state index contributed by atoms with van der Waals surface area (Å²) in [7, 11) is 2.17. The summed E-state index contributed by atoms with van der Waals surface area (Å²) in [6.07, 6.45) is 3.48. The maximum Gasteiger partial charge on any atom is 0.321 e. The van der Waals surface area contributed by atoms with Gasteiger partial charge in [0.05, 0.1) is 0 Å². The molecule has 3 heterocycles. The zero-order valence-corrected chi connectivity index (χ0v) is 14.8. The lowest BCUT2D eigenvalue weighted by Crippen LogP contribution is -2.47. The number of carbonyl (C=O) groups excluding carboxylic acids is 2. The van der Waals surface area contributed by atoms with Crippen molar-refractivity contribution in [1.29, 1.82) is 0 Å². The molecule has 3 amide bonds. The summed E-state index contributed by atoms with van der Waals surface area (Å²) in [6.45, 7) is 5.20. The molecule has 4 rings (SSSR count). The van der Waals surface area contributed by atoms with Gasteiger partial charge in [0.2, 0.25) is 0 Å². The molecule has 1 aromatic rings. The minimum atomic E-state index is -0.0875. The SMILES string of the molecule is CN1CCC2(CCCN(C(=O)c3cccc(N4CCNC4=O)c3)C2)C1. The van der Waals surface area contributed by atoms with E-state index in [1.165, 1.54) is 12.8 Å². The Hall–Kier alpha value is -2.08. The fourth-order valence-corrected chi connectivity index (χ4v) is 4.58. The van der Waals surface area contributed by atoms with E-state index in [1.807, 2.05) is 29.2 Å². The van der Waals surface area contributed by atoms with Gasteiger partial charge in [0, 0.05) is 49.4 Å². The van der Waals surface area contributed by atoms with Crippen molar-refractivity contribution in [3.63, 3.8) is 0 Å². The molecule has 1 aromatic carbocycles. The first-order valence-corrected chi connectivity index (χ1v) is 9.20. The lowest BCUT2D eigenvalue weighted by Gasteiger charge is -2.40. The van der Waals surface area contributed by atoms with E-state index in [1.54, 1.807) is 4.90 Å². The van der Waals surface area contributed by atoms with E-state index in [0.717, 1.165) is 38.3 Å². The van der Waals surface area contributed by atoms with Gasteiger partial charge >= 0.3 is 6.03 Å². The zero-order valence-electron chi connectivity index (χ0n) is 14.8. The number of amides is 3. The number of piperidine rings is 1. The summed E-state index contributed by atoms with van der Waals surface area (Å²) in [5, 5.41) is 2.80. The molecule has 1 unspecified atom stereocenters. The van der Waals surface area contributed by atoms with Crippen LogP contribution >= 0.6 is 0 Å². The van der Waals surface area contributed by atoms with Crippen molar-refractivity contribution in [3.8, 4) is 0 Å². The van der Waals surface area contributed by atoms with Crippen molar-refractivity contribution in [1.82, 2.24) is 15.1 Å². The Morgan fingerprint density at radius 1 is 1.16 bits per heavy atom. The van der Waals surface area contributed by atoms with Crippen molar-refractivity contribution in [2.75, 3.05) is 51.2 Å². The monoisotopic (exact) mass is 342 g/mol. The van der Waals surface area contributed by atoms with Gasteiger partial charge in [-0.1, -0.05) is 6.07 Å². The van der Waals surface area contributed by atoms with E-state index in [-0.39, 0.29) is 17.4 Å². The molecule has 0 radical (unpaired) electrons. The summed E-state index contributed by atoms with van der Waals surface area (Å²) >= 11 is 0. The van der Waals surface area contributed by atoms with Gasteiger partial charge in [-0.15, -0.1) is 0 Å². The first-order chi connectivity index (χ1) is 12.1. The van der Waals surface area contributed by atoms with Gasteiger partial charge in [0.25, 0.3) is 5.91 Å². The van der Waals surface area contributed by atoms with E-state index in [0.29, 0.717) is 18.7 Å². The molecule has 3 aliphatic heterocycles. The van der Waals surface area contributed by atoms with Crippen molar-refractivity contribution < 1.29 is 9.59 Å². The quantitative estimate of drug-likeness (QED) is 0.891. The van der Waals surface area contributed by atoms with Gasteiger partial charge in [-0.3, -0.25) is 9.69 Å². The fourth-order valence-electron chi connectivity index (χ4n) is 4.58. The second-order valence-electron chi connectivity index (χ2n) is 7.75. The molecule has 134 valence electrons. The van der Waals surface area contributed by atoms with Crippen LogP contribution in [0.25, 0.3) is 0 Å². The third-order valence-electron chi connectivity index (χ3n) is 5.84. The third-order valence-corrected chi connectivity index (χ3v) is 5.84. The van der Waals surface area contributed by atoms with Crippen molar-refractivity contribution in [2.45, 2.75) is 19.3 Å². The van der Waals surface area contributed by atoms with Gasteiger partial charge in [0.15, 0.2) is 0 Å². The summed E-state index contributed by atoms with van der Waals surface area (Å²) in [5.74, 6) is 0.0927. The van der Waals surface area contributed by atoms with Crippen LogP contribution in [0.4, 0.5) is 10.5 Å². The Labute approximate surface area is 148 Å². The molecular formula is C19H26N4O2. The number of benzene rings is 1. The summed E-state index contributed by atoms with van der Waals surface area (Å²) in [4.78, 5) is 31.0. The number of nitrogens with one attached hydrogen (secondary N) is 1. The van der Waals surface area contributed by atoms with E-state index >= 15 is 0 Å². The first kappa shape index (κ1) is 16.4. The van der Waals surface area contributed by atoms with Crippen molar-refractivity contribution in [2.24, 2.45) is 5.41 Å². The molecular weight excluding hydrogens is 316 g/mol. The number of likely N-dealkylation sites (tertiary alicyclic amines) is 2. The topological polar surface area (TPSA) is 55.9 Å². The molecule has 0 saturated carbocycles. The lowest BCUT2D eigenvalue weighted by molar-refractivity contribution is 0.0534. The Morgan fingerprint density at radius 2 is 2.04 bits per heavy atom. The second kappa shape index (κ2) is 6.33. The van der Waals surface area contributed by atoms with Crippen LogP contribution in [0.5, 0.6) is 0 Å². The molecule has 3 aliphatic rings. The largest absolute Gasteiger partial charge is 0.338 e. The lowest BCUT2D eigenvalue weighted by atomic mass is 9.79. The molecule has 1 atom stereocenters. The maximum atomic E-state index is 13.1. The highest BCUT2D eigenvalue weighted by Gasteiger charge is 2.41. The van der Waals surface area contributed by atoms with Gasteiger partial charge in [-0.05, 0) is 51.1 Å². The number of carbonyl (C=O) groups is 2. The molecule has 0 bridgehead atoms. The summed E-state index contributed by atoms with van der Waals surface area (Å²) < 4.78 is 0. The van der Waals surface area contributed by atoms with Crippen LogP contribution < -0.4 is 10.2 Å². The highest BCUT2D eigenvalue weighted by Crippen LogP contribution is 2.38. The molecule has 3 saturated heterocycles. The Kier molecular flexibility index (Phi) is 4.15. The van der Waals surface area contributed by atoms with Crippen LogP contribution in [-0.2, 0) is 0 Å². The standard InChI is InChI=1S/C19H26N4O2/c1-21-10-7-19(13-21)6-3-9-22(14-19)17(24)15-4-2-5-16(12-15)23-11-8-20-18(23)25/h2,4-5,12H,3,6-11,13-14H2,1H3,(H,20,25). The number of hydrogen-bond donors (Lipinski definition) is 1. The highest BCUT2D eigenvalue weighted by molar-refractivity contribution is 5.98. The first-order valence-electron chi connectivity index (χ1n) is 9.20. The number of hydrogen-bond acceptors (Lipinski definition) is 3. The van der Waals surface area contributed by atoms with E-state index in [2.05, 4.69) is 17.3 Å². The molecule has 0 aliphatic carbocycles. The number of anilines is 1. The Balaban J connectivity index is 1.52. The Morgan fingerprint density at radius 3 is 2.76 bits per heavy atom. The number of nitrogens with zero attached hydrogens (tertiary/aromatic N) is 3. The van der Waals surface area contributed by atoms with E-state index < -0.39 is 0 Å². The van der Waals surface area contributed by atoms with Crippen LogP contribution in [-0.4, -0.2) is 68.1 Å². The smallest absolute Gasteiger partial charge is 0.321 e. The minimum absolute atomic E-state index is 0.0875. The predicted octanol–water partition coefficient (Wildman–Crippen LogP) is 1.77. The minimum Gasteiger partial charge on any atom is -0.338 e. The normalized spacial score (nSPS) is 27.2. The molecule has 1 spiro atoms. The van der Waals surface area contributed by atoms with E-state index in [4.69, 9.17) is 0 Å². The molecule has 3 fully saturated rings. The van der Waals surface area contributed by atoms with Crippen LogP contribution in [0, 0.1) is 5.41 Å². The maximum absolute atomic E-state index is 13.1. The van der Waals surface area contributed by atoms with Gasteiger partial charge in [-0.2, -0.15) is 0 Å². The van der Waals surface area contributed by atoms with Crippen LogP contribution in [0.1, 0.15) is 29.6 Å². The number of rotatable bonds is 2. The average Bonchev–Trinajstić information content (AvgIpc) is 3.20. The van der Waals surface area contributed by atoms with Crippen LogP contribution in [0.15, 0.2) is 24.3 Å². The Bertz CT molecular complexity index is 688. The van der Waals surface area contributed by atoms with Crippen LogP contribution in [0.3, 0.4) is 0 Å². The highest BCUT2D eigenvalue weighted by atomic mass is 16.2. The van der Waals surface area contributed by atoms with Crippen molar-refractivity contribution >= 4 is 17.6 Å². The molecule has 0 aromatic heterocycles. The summed E-state index contributed by atoms with van der Waals surface area (Å²) in [5.41, 5.74) is 1.75. The third kappa shape index (κ3) is 3.11. The predicted molar refractivity (Wildman–Crippen MR) is 96.9 cm³/mol. The van der Waals surface area contributed by atoms with Crippen molar-refractivity contribution in [3.05, 3.63) is 29.8 Å². The van der Waals surface area contributed by atoms with E-state index in [9.17, 15) is 9.59 Å². The fraction of sp³-hybridized carbons (Fsp3) is 0.579. The van der Waals surface area contributed by atoms with Gasteiger partial charge in [0.1, 0.15) is 0 Å². The average molecular weight is 342 g/mol. The summed E-state index contributed by atoms with van der Waals surface area (Å²) in [6, 6.07) is 7.40. The molecule has 1 N–H and O–H groups in total. The van der Waals surface area contributed by atoms with Crippen LogP contribution in [0.2, 0.25) is 0 Å². The second-order valence-corrected chi connectivity index (χ2v) is 7.75. The zero-order chi connectivity index (χ0) is 17.4.